The van der Waals surface area contributed by atoms with Gasteiger partial charge < -0.3 is 5.32 Å². The van der Waals surface area contributed by atoms with Crippen molar-refractivity contribution in [3.05, 3.63) is 70.0 Å². The number of halogens is 2. The van der Waals surface area contributed by atoms with Gasteiger partial charge in [-0.2, -0.15) is 0 Å². The zero-order valence-electron chi connectivity index (χ0n) is 13.8. The molecule has 0 amide bonds. The lowest BCUT2D eigenvalue weighted by Gasteiger charge is -2.03. The van der Waals surface area contributed by atoms with E-state index in [4.69, 9.17) is 11.6 Å². The molecule has 0 aliphatic heterocycles. The van der Waals surface area contributed by atoms with Gasteiger partial charge in [-0.25, -0.2) is 4.39 Å². The van der Waals surface area contributed by atoms with Crippen LogP contribution in [0.4, 0.5) is 9.52 Å². The number of aromatic nitrogens is 2. The molecular formula is C18H15ClFN3OS2. The number of thioether (sulfide) groups is 1. The van der Waals surface area contributed by atoms with Gasteiger partial charge in [0.25, 0.3) is 0 Å². The van der Waals surface area contributed by atoms with E-state index in [9.17, 15) is 9.18 Å². The molecule has 1 N–H and O–H groups in total. The van der Waals surface area contributed by atoms with E-state index >= 15 is 0 Å². The predicted octanol–water partition coefficient (Wildman–Crippen LogP) is 5.23. The van der Waals surface area contributed by atoms with Crippen molar-refractivity contribution in [1.82, 2.24) is 10.2 Å². The van der Waals surface area contributed by atoms with E-state index in [1.165, 1.54) is 29.2 Å². The molecule has 0 bridgehead atoms. The molecule has 1 aromatic heterocycles. The van der Waals surface area contributed by atoms with Crippen LogP contribution in [0, 0.1) is 12.7 Å². The second-order valence-corrected chi connectivity index (χ2v) is 8.10. The summed E-state index contributed by atoms with van der Waals surface area (Å²) in [6, 6.07) is 12.1. The minimum absolute atomic E-state index is 0.0340. The SMILES string of the molecule is Cc1ccc(C(=O)CNc2nnc(SCc3ccccc3Cl)s2)cc1F. The summed E-state index contributed by atoms with van der Waals surface area (Å²) in [5.41, 5.74) is 1.87. The van der Waals surface area contributed by atoms with Gasteiger partial charge in [0.2, 0.25) is 5.13 Å². The van der Waals surface area contributed by atoms with Crippen molar-refractivity contribution in [2.75, 3.05) is 11.9 Å². The van der Waals surface area contributed by atoms with Gasteiger partial charge in [-0.15, -0.1) is 10.2 Å². The monoisotopic (exact) mass is 407 g/mol. The molecule has 2 aromatic carbocycles. The first kappa shape index (κ1) is 18.8. The van der Waals surface area contributed by atoms with Gasteiger partial charge in [-0.3, -0.25) is 4.79 Å². The summed E-state index contributed by atoms with van der Waals surface area (Å²) in [7, 11) is 0. The van der Waals surface area contributed by atoms with E-state index in [-0.39, 0.29) is 18.1 Å². The van der Waals surface area contributed by atoms with E-state index in [2.05, 4.69) is 15.5 Å². The molecule has 0 saturated heterocycles. The zero-order chi connectivity index (χ0) is 18.5. The molecule has 8 heteroatoms. The highest BCUT2D eigenvalue weighted by Gasteiger charge is 2.11. The number of nitrogens with zero attached hydrogens (tertiary/aromatic N) is 2. The van der Waals surface area contributed by atoms with E-state index in [0.717, 1.165) is 14.9 Å². The fraction of sp³-hybridized carbons (Fsp3) is 0.167. The van der Waals surface area contributed by atoms with Crippen molar-refractivity contribution in [1.29, 1.82) is 0 Å². The Hall–Kier alpha value is -1.96. The maximum atomic E-state index is 13.6. The number of anilines is 1. The molecule has 0 atom stereocenters. The van der Waals surface area contributed by atoms with Crippen LogP contribution < -0.4 is 5.32 Å². The van der Waals surface area contributed by atoms with E-state index in [1.807, 2.05) is 24.3 Å². The maximum Gasteiger partial charge on any atom is 0.206 e. The van der Waals surface area contributed by atoms with Crippen molar-refractivity contribution < 1.29 is 9.18 Å². The van der Waals surface area contributed by atoms with Crippen LogP contribution in [0.3, 0.4) is 0 Å². The highest BCUT2D eigenvalue weighted by molar-refractivity contribution is 8.00. The number of carbonyl (C=O) groups excluding carboxylic acids is 1. The predicted molar refractivity (Wildman–Crippen MR) is 105 cm³/mol. The third kappa shape index (κ3) is 4.81. The third-order valence-electron chi connectivity index (χ3n) is 3.61. The molecule has 1 heterocycles. The lowest BCUT2D eigenvalue weighted by molar-refractivity contribution is 0.101. The van der Waals surface area contributed by atoms with Crippen LogP contribution >= 0.6 is 34.7 Å². The van der Waals surface area contributed by atoms with Gasteiger partial charge in [0.15, 0.2) is 10.1 Å². The van der Waals surface area contributed by atoms with Gasteiger partial charge >= 0.3 is 0 Å². The van der Waals surface area contributed by atoms with E-state index in [1.54, 1.807) is 19.1 Å². The minimum Gasteiger partial charge on any atom is -0.353 e. The second kappa shape index (κ2) is 8.62. The summed E-state index contributed by atoms with van der Waals surface area (Å²) >= 11 is 9.03. The second-order valence-electron chi connectivity index (χ2n) is 5.49. The summed E-state index contributed by atoms with van der Waals surface area (Å²) in [6.07, 6.45) is 0. The Labute approximate surface area is 163 Å². The largest absolute Gasteiger partial charge is 0.353 e. The molecule has 134 valence electrons. The molecule has 0 fully saturated rings. The van der Waals surface area contributed by atoms with Gasteiger partial charge in [-0.1, -0.05) is 65.0 Å². The van der Waals surface area contributed by atoms with Crippen LogP contribution in [0.2, 0.25) is 5.02 Å². The first-order valence-electron chi connectivity index (χ1n) is 7.76. The molecule has 26 heavy (non-hydrogen) atoms. The number of Topliss-reactive ketones (excluding diaryl/α,β-unsaturated/α-hetero) is 1. The summed E-state index contributed by atoms with van der Waals surface area (Å²) in [4.78, 5) is 12.1. The number of nitrogens with one attached hydrogen (secondary N) is 1. The Morgan fingerprint density at radius 1 is 1.27 bits per heavy atom. The molecule has 0 unspecified atom stereocenters. The highest BCUT2D eigenvalue weighted by Crippen LogP contribution is 2.30. The third-order valence-corrected chi connectivity index (χ3v) is 6.04. The maximum absolute atomic E-state index is 13.6. The summed E-state index contributed by atoms with van der Waals surface area (Å²) in [6.45, 7) is 1.69. The minimum atomic E-state index is -0.384. The number of carbonyl (C=O) groups is 1. The van der Waals surface area contributed by atoms with Crippen molar-refractivity contribution in [2.45, 2.75) is 17.0 Å². The molecule has 0 aliphatic carbocycles. The number of benzene rings is 2. The Balaban J connectivity index is 1.54. The van der Waals surface area contributed by atoms with Crippen LogP contribution in [0.25, 0.3) is 0 Å². The van der Waals surface area contributed by atoms with E-state index < -0.39 is 0 Å². The number of rotatable bonds is 7. The Morgan fingerprint density at radius 3 is 2.85 bits per heavy atom. The first-order chi connectivity index (χ1) is 12.5. The van der Waals surface area contributed by atoms with Crippen molar-refractivity contribution in [2.24, 2.45) is 0 Å². The lowest BCUT2D eigenvalue weighted by atomic mass is 10.1. The smallest absolute Gasteiger partial charge is 0.206 e. The van der Waals surface area contributed by atoms with Gasteiger partial charge in [0, 0.05) is 16.3 Å². The molecule has 0 saturated carbocycles. The lowest BCUT2D eigenvalue weighted by Crippen LogP contribution is -2.14. The highest BCUT2D eigenvalue weighted by atomic mass is 35.5. The zero-order valence-corrected chi connectivity index (χ0v) is 16.2. The van der Waals surface area contributed by atoms with Gasteiger partial charge in [-0.05, 0) is 30.2 Å². The molecule has 0 radical (unpaired) electrons. The fourth-order valence-corrected chi connectivity index (χ4v) is 4.15. The van der Waals surface area contributed by atoms with Crippen molar-refractivity contribution >= 4 is 45.6 Å². The van der Waals surface area contributed by atoms with E-state index in [0.29, 0.717) is 22.0 Å². The van der Waals surface area contributed by atoms with Crippen LogP contribution in [-0.2, 0) is 5.75 Å². The summed E-state index contributed by atoms with van der Waals surface area (Å²) in [5.74, 6) is 0.102. The quantitative estimate of drug-likeness (QED) is 0.429. The standard InChI is InChI=1S/C18H15ClFN3OS2/c1-11-6-7-12(8-15(11)20)16(24)9-21-17-22-23-18(26-17)25-10-13-4-2-3-5-14(13)19/h2-8H,9-10H2,1H3,(H,21,22). The number of ketones is 1. The van der Waals surface area contributed by atoms with Crippen LogP contribution in [-0.4, -0.2) is 22.5 Å². The number of hydrogen-bond donors (Lipinski definition) is 1. The van der Waals surface area contributed by atoms with Crippen LogP contribution in [0.5, 0.6) is 0 Å². The molecule has 4 nitrogen and oxygen atoms in total. The first-order valence-corrected chi connectivity index (χ1v) is 9.94. The van der Waals surface area contributed by atoms with Crippen molar-refractivity contribution in [3.8, 4) is 0 Å². The molecule has 0 aliphatic rings. The van der Waals surface area contributed by atoms with Gasteiger partial charge in [0.1, 0.15) is 5.82 Å². The number of aryl methyl sites for hydroxylation is 1. The molecule has 3 rings (SSSR count). The van der Waals surface area contributed by atoms with Crippen LogP contribution in [0.1, 0.15) is 21.5 Å². The average Bonchev–Trinajstić information content (AvgIpc) is 3.09. The average molecular weight is 408 g/mol. The van der Waals surface area contributed by atoms with Gasteiger partial charge in [0.05, 0.1) is 6.54 Å². The topological polar surface area (TPSA) is 54.9 Å². The molecule has 0 spiro atoms. The summed E-state index contributed by atoms with van der Waals surface area (Å²) in [5, 5.41) is 12.3. The Morgan fingerprint density at radius 2 is 2.08 bits per heavy atom. The molecular weight excluding hydrogens is 393 g/mol. The Kier molecular flexibility index (Phi) is 6.24. The van der Waals surface area contributed by atoms with Crippen molar-refractivity contribution in [3.63, 3.8) is 0 Å². The Bertz CT molecular complexity index is 932. The fourth-order valence-electron chi connectivity index (χ4n) is 2.12. The summed E-state index contributed by atoms with van der Waals surface area (Å²) < 4.78 is 14.3. The molecule has 3 aromatic rings. The number of hydrogen-bond acceptors (Lipinski definition) is 6. The normalized spacial score (nSPS) is 10.7. The van der Waals surface area contributed by atoms with Crippen LogP contribution in [0.15, 0.2) is 46.8 Å².